The van der Waals surface area contributed by atoms with Crippen LogP contribution in [0.4, 0.5) is 17.5 Å². The fourth-order valence-corrected chi connectivity index (χ4v) is 1.85. The highest BCUT2D eigenvalue weighted by molar-refractivity contribution is 5.57. The highest BCUT2D eigenvalue weighted by atomic mass is 16.5. The maximum absolute atomic E-state index is 5.63. The van der Waals surface area contributed by atoms with E-state index in [0.717, 1.165) is 23.8 Å². The Labute approximate surface area is 132 Å². The summed E-state index contributed by atoms with van der Waals surface area (Å²) in [5, 5.41) is 6.48. The van der Waals surface area contributed by atoms with Gasteiger partial charge in [0.1, 0.15) is 11.6 Å². The lowest BCUT2D eigenvalue weighted by Crippen LogP contribution is -2.11. The van der Waals surface area contributed by atoms with Crippen LogP contribution in [0.5, 0.6) is 5.75 Å². The van der Waals surface area contributed by atoms with E-state index < -0.39 is 0 Å². The number of rotatable bonds is 7. The Hall–Kier alpha value is -2.30. The van der Waals surface area contributed by atoms with Crippen molar-refractivity contribution in [2.24, 2.45) is 5.92 Å². The van der Waals surface area contributed by atoms with Gasteiger partial charge in [-0.25, -0.2) is 4.98 Å². The predicted octanol–water partition coefficient (Wildman–Crippen LogP) is 4.08. The van der Waals surface area contributed by atoms with Crippen LogP contribution in [0.15, 0.2) is 36.5 Å². The van der Waals surface area contributed by atoms with Crippen molar-refractivity contribution in [1.82, 2.24) is 9.97 Å². The molecule has 0 aliphatic carbocycles. The summed E-state index contributed by atoms with van der Waals surface area (Å²) in [4.78, 5) is 8.66. The van der Waals surface area contributed by atoms with Crippen LogP contribution in [0, 0.1) is 5.92 Å². The molecule has 1 heterocycles. The number of nitrogens with zero attached hydrogens (tertiary/aromatic N) is 2. The van der Waals surface area contributed by atoms with Crippen molar-refractivity contribution >= 4 is 17.5 Å². The van der Waals surface area contributed by atoms with Crippen LogP contribution >= 0.6 is 0 Å². The number of nitrogens with one attached hydrogen (secondary N) is 2. The quantitative estimate of drug-likeness (QED) is 0.807. The molecular weight excluding hydrogens is 276 g/mol. The van der Waals surface area contributed by atoms with Gasteiger partial charge >= 0.3 is 0 Å². The fourth-order valence-electron chi connectivity index (χ4n) is 1.85. The lowest BCUT2D eigenvalue weighted by atomic mass is 10.2. The molecule has 5 heteroatoms. The topological polar surface area (TPSA) is 59.1 Å². The molecule has 0 bridgehead atoms. The van der Waals surface area contributed by atoms with Gasteiger partial charge in [0, 0.05) is 18.4 Å². The maximum Gasteiger partial charge on any atom is 0.224 e. The van der Waals surface area contributed by atoms with E-state index >= 15 is 0 Å². The van der Waals surface area contributed by atoms with Crippen molar-refractivity contribution < 1.29 is 4.74 Å². The van der Waals surface area contributed by atoms with Crippen molar-refractivity contribution in [2.75, 3.05) is 17.2 Å². The third-order valence-corrected chi connectivity index (χ3v) is 2.82. The first kappa shape index (κ1) is 16.1. The minimum atomic E-state index is 0.176. The van der Waals surface area contributed by atoms with Crippen LogP contribution in [-0.2, 0) is 0 Å². The smallest absolute Gasteiger partial charge is 0.224 e. The largest absolute Gasteiger partial charge is 0.491 e. The number of anilines is 3. The van der Waals surface area contributed by atoms with Gasteiger partial charge in [0.2, 0.25) is 5.95 Å². The summed E-state index contributed by atoms with van der Waals surface area (Å²) >= 11 is 0. The number of hydrogen-bond donors (Lipinski definition) is 2. The Morgan fingerprint density at radius 1 is 1.05 bits per heavy atom. The molecule has 5 nitrogen and oxygen atoms in total. The van der Waals surface area contributed by atoms with Crippen LogP contribution in [0.3, 0.4) is 0 Å². The Morgan fingerprint density at radius 2 is 1.77 bits per heavy atom. The summed E-state index contributed by atoms with van der Waals surface area (Å²) in [6.07, 6.45) is 1.92. The molecule has 1 aromatic heterocycles. The molecule has 22 heavy (non-hydrogen) atoms. The van der Waals surface area contributed by atoms with E-state index in [4.69, 9.17) is 4.74 Å². The second kappa shape index (κ2) is 7.64. The molecule has 0 radical (unpaired) electrons. The van der Waals surface area contributed by atoms with Crippen molar-refractivity contribution in [3.63, 3.8) is 0 Å². The minimum absolute atomic E-state index is 0.176. The number of benzene rings is 1. The molecule has 1 aromatic carbocycles. The third-order valence-electron chi connectivity index (χ3n) is 2.82. The monoisotopic (exact) mass is 300 g/mol. The van der Waals surface area contributed by atoms with Gasteiger partial charge in [-0.05, 0) is 50.1 Å². The molecule has 118 valence electrons. The highest BCUT2D eigenvalue weighted by Crippen LogP contribution is 2.20. The van der Waals surface area contributed by atoms with Crippen LogP contribution in [-0.4, -0.2) is 22.6 Å². The molecule has 2 aromatic rings. The molecule has 0 amide bonds. The SMILES string of the molecule is CC(C)CNc1nccc(Nc2ccc(OC(C)C)cc2)n1. The van der Waals surface area contributed by atoms with Gasteiger partial charge in [-0.2, -0.15) is 4.98 Å². The van der Waals surface area contributed by atoms with Gasteiger partial charge in [-0.3, -0.25) is 0 Å². The van der Waals surface area contributed by atoms with Crippen LogP contribution in [0.25, 0.3) is 0 Å². The first-order valence-corrected chi connectivity index (χ1v) is 7.63. The van der Waals surface area contributed by atoms with E-state index in [-0.39, 0.29) is 6.10 Å². The molecule has 0 spiro atoms. The summed E-state index contributed by atoms with van der Waals surface area (Å²) < 4.78 is 5.63. The van der Waals surface area contributed by atoms with Gasteiger partial charge < -0.3 is 15.4 Å². The van der Waals surface area contributed by atoms with E-state index in [2.05, 4.69) is 34.4 Å². The van der Waals surface area contributed by atoms with Gasteiger partial charge in [-0.1, -0.05) is 13.8 Å². The average Bonchev–Trinajstić information content (AvgIpc) is 2.47. The number of aromatic nitrogens is 2. The molecule has 2 N–H and O–H groups in total. The van der Waals surface area contributed by atoms with E-state index in [0.29, 0.717) is 11.9 Å². The van der Waals surface area contributed by atoms with Gasteiger partial charge in [0.15, 0.2) is 0 Å². The van der Waals surface area contributed by atoms with Crippen molar-refractivity contribution in [2.45, 2.75) is 33.8 Å². The first-order chi connectivity index (χ1) is 10.5. The van der Waals surface area contributed by atoms with Crippen molar-refractivity contribution in [3.05, 3.63) is 36.5 Å². The summed E-state index contributed by atoms with van der Waals surface area (Å²) in [5.74, 6) is 2.81. The Morgan fingerprint density at radius 3 is 2.41 bits per heavy atom. The zero-order valence-electron chi connectivity index (χ0n) is 13.6. The second-order valence-corrected chi connectivity index (χ2v) is 5.86. The number of hydrogen-bond acceptors (Lipinski definition) is 5. The summed E-state index contributed by atoms with van der Waals surface area (Å²) in [5.41, 5.74) is 0.963. The summed E-state index contributed by atoms with van der Waals surface area (Å²) in [6.45, 7) is 9.17. The van der Waals surface area contributed by atoms with E-state index in [9.17, 15) is 0 Å². The molecule has 2 rings (SSSR count). The normalized spacial score (nSPS) is 10.8. The molecule has 0 unspecified atom stereocenters. The molecule has 0 saturated heterocycles. The van der Waals surface area contributed by atoms with Crippen molar-refractivity contribution in [1.29, 1.82) is 0 Å². The number of ether oxygens (including phenoxy) is 1. The summed E-state index contributed by atoms with van der Waals surface area (Å²) in [7, 11) is 0. The van der Waals surface area contributed by atoms with Gasteiger partial charge in [0.05, 0.1) is 6.10 Å². The lowest BCUT2D eigenvalue weighted by Gasteiger charge is -2.11. The Balaban J connectivity index is 1.99. The van der Waals surface area contributed by atoms with E-state index in [1.54, 1.807) is 6.20 Å². The molecule has 0 aliphatic rings. The van der Waals surface area contributed by atoms with Gasteiger partial charge in [0.25, 0.3) is 0 Å². The van der Waals surface area contributed by atoms with E-state index in [1.807, 2.05) is 44.2 Å². The molecular formula is C17H24N4O. The standard InChI is InChI=1S/C17H24N4O/c1-12(2)11-19-17-18-10-9-16(21-17)20-14-5-7-15(8-6-14)22-13(3)4/h5-10,12-13H,11H2,1-4H3,(H2,18,19,20,21). The fraction of sp³-hybridized carbons (Fsp3) is 0.412. The minimum Gasteiger partial charge on any atom is -0.491 e. The third kappa shape index (κ3) is 5.24. The highest BCUT2D eigenvalue weighted by Gasteiger charge is 2.02. The zero-order valence-corrected chi connectivity index (χ0v) is 13.6. The molecule has 0 saturated carbocycles. The Bertz CT molecular complexity index is 581. The summed E-state index contributed by atoms with van der Waals surface area (Å²) in [6, 6.07) is 9.68. The van der Waals surface area contributed by atoms with E-state index in [1.165, 1.54) is 0 Å². The van der Waals surface area contributed by atoms with Crippen LogP contribution < -0.4 is 15.4 Å². The Kier molecular flexibility index (Phi) is 5.58. The maximum atomic E-state index is 5.63. The van der Waals surface area contributed by atoms with Crippen molar-refractivity contribution in [3.8, 4) is 5.75 Å². The van der Waals surface area contributed by atoms with Gasteiger partial charge in [-0.15, -0.1) is 0 Å². The molecule has 0 aliphatic heterocycles. The molecule has 0 fully saturated rings. The predicted molar refractivity (Wildman–Crippen MR) is 90.8 cm³/mol. The molecule has 0 atom stereocenters. The van der Waals surface area contributed by atoms with Crippen LogP contribution in [0.1, 0.15) is 27.7 Å². The zero-order chi connectivity index (χ0) is 15.9. The second-order valence-electron chi connectivity index (χ2n) is 5.86. The average molecular weight is 300 g/mol. The van der Waals surface area contributed by atoms with Crippen LogP contribution in [0.2, 0.25) is 0 Å². The lowest BCUT2D eigenvalue weighted by molar-refractivity contribution is 0.242. The first-order valence-electron chi connectivity index (χ1n) is 7.63.